The van der Waals surface area contributed by atoms with E-state index in [2.05, 4.69) is 306 Å². The molecule has 0 saturated heterocycles. The van der Waals surface area contributed by atoms with Crippen molar-refractivity contribution in [2.75, 3.05) is 0 Å². The summed E-state index contributed by atoms with van der Waals surface area (Å²) in [7, 11) is 0. The highest BCUT2D eigenvalue weighted by molar-refractivity contribution is 7.25. The van der Waals surface area contributed by atoms with Crippen LogP contribution in [-0.2, 0) is 11.8 Å². The molecule has 0 fully saturated rings. The molecular formula is C83H52N2S. The Kier molecular flexibility index (Phi) is 10.1. The normalized spacial score (nSPS) is 13.4. The van der Waals surface area contributed by atoms with Gasteiger partial charge < -0.3 is 9.13 Å². The molecule has 1 atom stereocenters. The van der Waals surface area contributed by atoms with Gasteiger partial charge in [-0.25, -0.2) is 0 Å². The van der Waals surface area contributed by atoms with Gasteiger partial charge >= 0.3 is 0 Å². The Hall–Kier alpha value is -10.6. The zero-order chi connectivity index (χ0) is 56.2. The SMILES string of the molecule is c1ccc(-n2c3ccccc3c3c(CC(c4ccc(-c5cccc6c5-c5ccccc5C65c6ccccc6-c6ccccc65)cc4)c4ccc5c6c7ccccc7c7ccccc7c6n(-c6ccc7sc8ccccc8c7c6)c5c4)cccc32)cc1. The van der Waals surface area contributed by atoms with Crippen LogP contribution in [-0.4, -0.2) is 9.13 Å². The molecule has 19 rings (SSSR count). The summed E-state index contributed by atoms with van der Waals surface area (Å²) in [6.45, 7) is 0. The van der Waals surface area contributed by atoms with Crippen molar-refractivity contribution in [1.82, 2.24) is 9.13 Å². The minimum Gasteiger partial charge on any atom is -0.309 e. The molecule has 2 nitrogen and oxygen atoms in total. The van der Waals surface area contributed by atoms with Crippen LogP contribution in [0.15, 0.2) is 297 Å². The summed E-state index contributed by atoms with van der Waals surface area (Å²) in [6.07, 6.45) is 0.791. The van der Waals surface area contributed by atoms with Crippen LogP contribution in [0.3, 0.4) is 0 Å². The summed E-state index contributed by atoms with van der Waals surface area (Å²) in [5, 5.41) is 12.8. The van der Waals surface area contributed by atoms with Gasteiger partial charge in [0.2, 0.25) is 0 Å². The van der Waals surface area contributed by atoms with Gasteiger partial charge in [0.05, 0.1) is 27.5 Å². The van der Waals surface area contributed by atoms with Crippen molar-refractivity contribution in [1.29, 1.82) is 0 Å². The predicted molar refractivity (Wildman–Crippen MR) is 363 cm³/mol. The molecule has 17 aromatic rings. The molecule has 2 aliphatic rings. The van der Waals surface area contributed by atoms with E-state index in [1.807, 2.05) is 11.3 Å². The summed E-state index contributed by atoms with van der Waals surface area (Å²) < 4.78 is 7.67. The molecule has 400 valence electrons. The first-order valence-corrected chi connectivity index (χ1v) is 30.9. The van der Waals surface area contributed by atoms with Crippen molar-refractivity contribution >= 4 is 96.7 Å². The fourth-order valence-corrected chi connectivity index (χ4v) is 17.2. The quantitative estimate of drug-likeness (QED) is 0.141. The molecule has 14 aromatic carbocycles. The van der Waals surface area contributed by atoms with Crippen LogP contribution >= 0.6 is 11.3 Å². The van der Waals surface area contributed by atoms with E-state index >= 15 is 0 Å². The molecule has 0 saturated carbocycles. The second-order valence-electron chi connectivity index (χ2n) is 23.7. The second kappa shape index (κ2) is 18.2. The van der Waals surface area contributed by atoms with Crippen molar-refractivity contribution in [2.24, 2.45) is 0 Å². The Labute approximate surface area is 501 Å². The maximum absolute atomic E-state index is 2.60. The van der Waals surface area contributed by atoms with E-state index in [1.165, 1.54) is 163 Å². The average Bonchev–Trinajstić information content (AvgIpc) is 1.56. The lowest BCUT2D eigenvalue weighted by Crippen LogP contribution is -2.25. The third-order valence-electron chi connectivity index (χ3n) is 19.5. The number of hydrogen-bond acceptors (Lipinski definition) is 1. The van der Waals surface area contributed by atoms with Gasteiger partial charge in [-0.1, -0.05) is 243 Å². The highest BCUT2D eigenvalue weighted by atomic mass is 32.1. The monoisotopic (exact) mass is 1110 g/mol. The lowest BCUT2D eigenvalue weighted by atomic mass is 9.70. The topological polar surface area (TPSA) is 9.86 Å². The maximum atomic E-state index is 2.60. The number of fused-ring (bicyclic) bond motifs is 24. The third-order valence-corrected chi connectivity index (χ3v) is 20.7. The first-order valence-electron chi connectivity index (χ1n) is 30.1. The fraction of sp³-hybridized carbons (Fsp3) is 0.0361. The second-order valence-corrected chi connectivity index (χ2v) is 24.8. The van der Waals surface area contributed by atoms with Gasteiger partial charge in [0.15, 0.2) is 0 Å². The standard InChI is InChI=1S/C83H52N2S/c1-2-21-55(22-3-1)84-74-37-16-11-31-66(74)79-54(20-18-38-75(79)84)48-68(52-42-40-51(41-43-52)57-32-19-36-73-80(57)65-30-10-15-35-72(65)83(73)70-33-13-8-25-60(70)61-26-9-14-34-71(61)83)53-44-46-67-76(49-53)85(56-45-47-78-69(50-56)62-27-12-17-39-77(62)86-78)82-64-29-7-5-24-59(64)58-23-4-6-28-63(58)81(67)82/h1-47,49-50,68H,48H2. The largest absolute Gasteiger partial charge is 0.309 e. The Bertz CT molecular complexity index is 5650. The van der Waals surface area contributed by atoms with Crippen LogP contribution in [0, 0.1) is 0 Å². The molecule has 3 heteroatoms. The number of nitrogens with zero attached hydrogens (tertiary/aromatic N) is 2. The summed E-state index contributed by atoms with van der Waals surface area (Å²) in [5.74, 6) is -0.0156. The van der Waals surface area contributed by atoms with Crippen LogP contribution in [0.4, 0.5) is 0 Å². The molecule has 0 radical (unpaired) electrons. The molecule has 3 aromatic heterocycles. The number of benzene rings is 14. The van der Waals surface area contributed by atoms with E-state index < -0.39 is 5.41 Å². The Balaban J connectivity index is 0.845. The first kappa shape index (κ1) is 47.9. The lowest BCUT2D eigenvalue weighted by Gasteiger charge is -2.30. The van der Waals surface area contributed by atoms with E-state index in [0.29, 0.717) is 0 Å². The molecule has 0 N–H and O–H groups in total. The van der Waals surface area contributed by atoms with Crippen molar-refractivity contribution in [3.63, 3.8) is 0 Å². The summed E-state index contributed by atoms with van der Waals surface area (Å²) in [5.41, 5.74) is 23.9. The van der Waals surface area contributed by atoms with Crippen LogP contribution in [0.1, 0.15) is 44.9 Å². The number of aromatic nitrogens is 2. The summed E-state index contributed by atoms with van der Waals surface area (Å²) in [6, 6.07) is 113. The highest BCUT2D eigenvalue weighted by Crippen LogP contribution is 2.64. The molecule has 1 unspecified atom stereocenters. The van der Waals surface area contributed by atoms with Gasteiger partial charge in [-0.2, -0.15) is 0 Å². The molecular weight excluding hydrogens is 1060 g/mol. The van der Waals surface area contributed by atoms with Crippen LogP contribution in [0.5, 0.6) is 0 Å². The minimum absolute atomic E-state index is 0.0156. The molecule has 86 heavy (non-hydrogen) atoms. The average molecular weight is 1110 g/mol. The van der Waals surface area contributed by atoms with Crippen LogP contribution in [0.2, 0.25) is 0 Å². The van der Waals surface area contributed by atoms with Gasteiger partial charge in [-0.15, -0.1) is 11.3 Å². The lowest BCUT2D eigenvalue weighted by molar-refractivity contribution is 0.794. The first-order chi connectivity index (χ1) is 42.7. The molecule has 0 amide bonds. The third kappa shape index (κ3) is 6.55. The zero-order valence-electron chi connectivity index (χ0n) is 46.9. The van der Waals surface area contributed by atoms with E-state index in [9.17, 15) is 0 Å². The number of hydrogen-bond donors (Lipinski definition) is 0. The highest BCUT2D eigenvalue weighted by Gasteiger charge is 2.52. The summed E-state index contributed by atoms with van der Waals surface area (Å²) >= 11 is 1.88. The van der Waals surface area contributed by atoms with Crippen molar-refractivity contribution in [3.05, 3.63) is 336 Å². The molecule has 0 aliphatic heterocycles. The van der Waals surface area contributed by atoms with Crippen LogP contribution in [0.25, 0.3) is 130 Å². The van der Waals surface area contributed by atoms with E-state index in [0.717, 1.165) is 12.1 Å². The number of para-hydroxylation sites is 2. The van der Waals surface area contributed by atoms with Crippen molar-refractivity contribution in [3.8, 4) is 44.8 Å². The Morgan fingerprint density at radius 2 is 0.872 bits per heavy atom. The van der Waals surface area contributed by atoms with Crippen molar-refractivity contribution < 1.29 is 0 Å². The van der Waals surface area contributed by atoms with E-state index in [-0.39, 0.29) is 5.92 Å². The molecule has 2 aliphatic carbocycles. The number of thiophene rings is 1. The zero-order valence-corrected chi connectivity index (χ0v) is 47.7. The van der Waals surface area contributed by atoms with Gasteiger partial charge in [0, 0.05) is 64.4 Å². The van der Waals surface area contributed by atoms with Gasteiger partial charge in [0.25, 0.3) is 0 Å². The van der Waals surface area contributed by atoms with E-state index in [1.54, 1.807) is 0 Å². The number of rotatable bonds is 7. The maximum Gasteiger partial charge on any atom is 0.0725 e. The van der Waals surface area contributed by atoms with Crippen molar-refractivity contribution in [2.45, 2.75) is 17.8 Å². The Morgan fingerprint density at radius 1 is 0.314 bits per heavy atom. The molecule has 1 spiro atoms. The van der Waals surface area contributed by atoms with E-state index in [4.69, 9.17) is 0 Å². The Morgan fingerprint density at radius 3 is 1.65 bits per heavy atom. The predicted octanol–water partition coefficient (Wildman–Crippen LogP) is 21.9. The fourth-order valence-electron chi connectivity index (χ4n) is 16.1. The molecule has 0 bridgehead atoms. The van der Waals surface area contributed by atoms with Gasteiger partial charge in [-0.3, -0.25) is 0 Å². The van der Waals surface area contributed by atoms with Crippen LogP contribution < -0.4 is 0 Å². The van der Waals surface area contributed by atoms with Gasteiger partial charge in [-0.05, 0) is 150 Å². The minimum atomic E-state index is -0.409. The molecule has 3 heterocycles. The van der Waals surface area contributed by atoms with Gasteiger partial charge in [0.1, 0.15) is 0 Å². The summed E-state index contributed by atoms with van der Waals surface area (Å²) in [4.78, 5) is 0. The smallest absolute Gasteiger partial charge is 0.0725 e.